The number of carbonyl (C=O) groups excluding carboxylic acids is 2. The highest BCUT2D eigenvalue weighted by Crippen LogP contribution is 2.45. The SMILES string of the molecule is CCS[C@@H]1C(C=O)C(=O)N2CCCC12O. The van der Waals surface area contributed by atoms with Crippen LogP contribution in [0.4, 0.5) is 0 Å². The van der Waals surface area contributed by atoms with Gasteiger partial charge >= 0.3 is 0 Å². The number of aldehydes is 1. The molecule has 2 unspecified atom stereocenters. The summed E-state index contributed by atoms with van der Waals surface area (Å²) in [5, 5.41) is 10.1. The van der Waals surface area contributed by atoms with Crippen molar-refractivity contribution in [3.8, 4) is 0 Å². The minimum absolute atomic E-state index is 0.198. The van der Waals surface area contributed by atoms with Crippen molar-refractivity contribution in [2.45, 2.75) is 30.7 Å². The molecule has 0 saturated carbocycles. The van der Waals surface area contributed by atoms with Crippen molar-refractivity contribution >= 4 is 24.0 Å². The van der Waals surface area contributed by atoms with Crippen LogP contribution < -0.4 is 0 Å². The van der Waals surface area contributed by atoms with Crippen LogP contribution in [-0.2, 0) is 9.59 Å². The normalized spacial score (nSPS) is 39.6. The third-order valence-corrected chi connectivity index (χ3v) is 4.58. The maximum Gasteiger partial charge on any atom is 0.236 e. The summed E-state index contributed by atoms with van der Waals surface area (Å²) in [6, 6.07) is 0. The second-order valence-corrected chi connectivity index (χ2v) is 5.43. The van der Waals surface area contributed by atoms with E-state index in [1.54, 1.807) is 0 Å². The van der Waals surface area contributed by atoms with Gasteiger partial charge in [-0.3, -0.25) is 4.79 Å². The standard InChI is InChI=1S/C10H15NO3S/c1-2-15-8-7(6-12)9(13)11-5-3-4-10(8,11)14/h6-8,14H,2-5H2,1H3/t7?,8-,10?/m1/s1. The predicted molar refractivity (Wildman–Crippen MR) is 57.4 cm³/mol. The lowest BCUT2D eigenvalue weighted by Crippen LogP contribution is -2.45. The average molecular weight is 229 g/mol. The van der Waals surface area contributed by atoms with Crippen molar-refractivity contribution < 1.29 is 14.7 Å². The van der Waals surface area contributed by atoms with Crippen LogP contribution in [0.15, 0.2) is 0 Å². The van der Waals surface area contributed by atoms with Crippen molar-refractivity contribution in [2.75, 3.05) is 12.3 Å². The van der Waals surface area contributed by atoms with Crippen molar-refractivity contribution in [1.82, 2.24) is 4.90 Å². The maximum absolute atomic E-state index is 11.8. The molecule has 4 nitrogen and oxygen atoms in total. The summed E-state index contributed by atoms with van der Waals surface area (Å²) < 4.78 is 0. The molecule has 0 aromatic carbocycles. The fourth-order valence-corrected chi connectivity index (χ4v) is 3.83. The van der Waals surface area contributed by atoms with E-state index in [-0.39, 0.29) is 11.2 Å². The Morgan fingerprint density at radius 3 is 3.07 bits per heavy atom. The number of hydrogen-bond acceptors (Lipinski definition) is 4. The van der Waals surface area contributed by atoms with E-state index in [0.29, 0.717) is 19.3 Å². The summed E-state index contributed by atoms with van der Waals surface area (Å²) in [6.07, 6.45) is 2.11. The quantitative estimate of drug-likeness (QED) is 0.556. The smallest absolute Gasteiger partial charge is 0.236 e. The molecule has 0 aromatic heterocycles. The molecule has 1 N–H and O–H groups in total. The molecule has 0 radical (unpaired) electrons. The van der Waals surface area contributed by atoms with Crippen LogP contribution in [0.2, 0.25) is 0 Å². The molecular formula is C10H15NO3S. The van der Waals surface area contributed by atoms with Crippen molar-refractivity contribution in [3.05, 3.63) is 0 Å². The molecule has 0 spiro atoms. The van der Waals surface area contributed by atoms with E-state index in [1.165, 1.54) is 16.7 Å². The average Bonchev–Trinajstić information content (AvgIpc) is 2.67. The Kier molecular flexibility index (Phi) is 2.77. The molecule has 84 valence electrons. The van der Waals surface area contributed by atoms with Gasteiger partial charge in [0.1, 0.15) is 12.2 Å². The minimum atomic E-state index is -1.07. The highest BCUT2D eigenvalue weighted by molar-refractivity contribution is 8.00. The van der Waals surface area contributed by atoms with Gasteiger partial charge in [0.05, 0.1) is 5.25 Å². The molecule has 0 aromatic rings. The summed E-state index contributed by atoms with van der Waals surface area (Å²) in [6.45, 7) is 2.55. The third kappa shape index (κ3) is 1.40. The van der Waals surface area contributed by atoms with Gasteiger partial charge in [-0.15, -0.1) is 0 Å². The lowest BCUT2D eigenvalue weighted by Gasteiger charge is -2.30. The number of carbonyl (C=O) groups is 2. The Morgan fingerprint density at radius 2 is 2.47 bits per heavy atom. The van der Waals surface area contributed by atoms with Crippen LogP contribution in [0.1, 0.15) is 19.8 Å². The number of thioether (sulfide) groups is 1. The van der Waals surface area contributed by atoms with Gasteiger partial charge in [0.25, 0.3) is 0 Å². The fourth-order valence-electron chi connectivity index (χ4n) is 2.57. The number of amides is 1. The molecule has 2 rings (SSSR count). The van der Waals surface area contributed by atoms with Crippen LogP contribution in [0.5, 0.6) is 0 Å². The predicted octanol–water partition coefficient (Wildman–Crippen LogP) is 0.248. The van der Waals surface area contributed by atoms with Crippen LogP contribution in [0.3, 0.4) is 0 Å². The fraction of sp³-hybridized carbons (Fsp3) is 0.800. The molecule has 2 fully saturated rings. The zero-order valence-electron chi connectivity index (χ0n) is 8.68. The summed E-state index contributed by atoms with van der Waals surface area (Å²) in [4.78, 5) is 24.2. The molecule has 2 heterocycles. The first-order valence-corrected chi connectivity index (χ1v) is 6.30. The molecule has 0 bridgehead atoms. The Balaban J connectivity index is 2.31. The number of hydrogen-bond donors (Lipinski definition) is 1. The molecule has 0 aliphatic carbocycles. The van der Waals surface area contributed by atoms with Gasteiger partial charge < -0.3 is 14.8 Å². The maximum atomic E-state index is 11.8. The van der Waals surface area contributed by atoms with Crippen molar-refractivity contribution in [3.63, 3.8) is 0 Å². The third-order valence-electron chi connectivity index (χ3n) is 3.22. The van der Waals surface area contributed by atoms with Crippen molar-refractivity contribution in [2.24, 2.45) is 5.92 Å². The first-order valence-electron chi connectivity index (χ1n) is 5.26. The van der Waals surface area contributed by atoms with E-state index >= 15 is 0 Å². The molecule has 1 amide bonds. The van der Waals surface area contributed by atoms with Crippen LogP contribution >= 0.6 is 11.8 Å². The molecule has 5 heteroatoms. The topological polar surface area (TPSA) is 57.6 Å². The van der Waals surface area contributed by atoms with Crippen LogP contribution in [0.25, 0.3) is 0 Å². The lowest BCUT2D eigenvalue weighted by atomic mass is 10.0. The Labute approximate surface area is 93.0 Å². The van der Waals surface area contributed by atoms with E-state index in [0.717, 1.165) is 12.2 Å². The summed E-state index contributed by atoms with van der Waals surface area (Å²) >= 11 is 1.51. The van der Waals surface area contributed by atoms with Crippen molar-refractivity contribution in [1.29, 1.82) is 0 Å². The van der Waals surface area contributed by atoms with Gasteiger partial charge in [-0.1, -0.05) is 6.92 Å². The monoisotopic (exact) mass is 229 g/mol. The number of nitrogens with zero attached hydrogens (tertiary/aromatic N) is 1. The first-order chi connectivity index (χ1) is 7.15. The van der Waals surface area contributed by atoms with Gasteiger partial charge in [0, 0.05) is 6.54 Å². The highest BCUT2D eigenvalue weighted by Gasteiger charge is 2.59. The van der Waals surface area contributed by atoms with E-state index < -0.39 is 11.6 Å². The minimum Gasteiger partial charge on any atom is -0.370 e. The molecule has 15 heavy (non-hydrogen) atoms. The summed E-state index contributed by atoms with van der Waals surface area (Å²) in [5.41, 5.74) is -1.07. The summed E-state index contributed by atoms with van der Waals surface area (Å²) in [5.74, 6) is -0.0467. The summed E-state index contributed by atoms with van der Waals surface area (Å²) in [7, 11) is 0. The Morgan fingerprint density at radius 1 is 1.73 bits per heavy atom. The van der Waals surface area contributed by atoms with Crippen LogP contribution in [-0.4, -0.2) is 45.5 Å². The van der Waals surface area contributed by atoms with Gasteiger partial charge in [-0.25, -0.2) is 0 Å². The Hall–Kier alpha value is -0.550. The van der Waals surface area contributed by atoms with Gasteiger partial charge in [-0.05, 0) is 18.6 Å². The lowest BCUT2D eigenvalue weighted by molar-refractivity contribution is -0.140. The Bertz CT molecular complexity index is 296. The van der Waals surface area contributed by atoms with E-state index in [2.05, 4.69) is 0 Å². The number of fused-ring (bicyclic) bond motifs is 1. The van der Waals surface area contributed by atoms with E-state index in [4.69, 9.17) is 0 Å². The van der Waals surface area contributed by atoms with E-state index in [1.807, 2.05) is 6.92 Å². The molecule has 2 saturated heterocycles. The van der Waals surface area contributed by atoms with Gasteiger partial charge in [0.15, 0.2) is 5.72 Å². The second kappa shape index (κ2) is 3.79. The highest BCUT2D eigenvalue weighted by atomic mass is 32.2. The molecule has 3 atom stereocenters. The number of rotatable bonds is 3. The first kappa shape index (κ1) is 11.0. The molecule has 2 aliphatic rings. The zero-order valence-corrected chi connectivity index (χ0v) is 9.50. The van der Waals surface area contributed by atoms with Crippen LogP contribution in [0, 0.1) is 5.92 Å². The molecular weight excluding hydrogens is 214 g/mol. The molecule has 2 aliphatic heterocycles. The second-order valence-electron chi connectivity index (χ2n) is 4.01. The van der Waals surface area contributed by atoms with Gasteiger partial charge in [-0.2, -0.15) is 11.8 Å². The zero-order chi connectivity index (χ0) is 11.1. The van der Waals surface area contributed by atoms with E-state index in [9.17, 15) is 14.7 Å². The van der Waals surface area contributed by atoms with Gasteiger partial charge in [0.2, 0.25) is 5.91 Å². The largest absolute Gasteiger partial charge is 0.370 e. The number of aliphatic hydroxyl groups is 1.